The van der Waals surface area contributed by atoms with Crippen LogP contribution in [0.1, 0.15) is 29.7 Å². The first-order valence-corrected chi connectivity index (χ1v) is 11.6. The lowest BCUT2D eigenvalue weighted by molar-refractivity contribution is 0.273. The smallest absolute Gasteiger partial charge is 0.159 e. The molecular weight excluding hydrogens is 410 g/mol. The van der Waals surface area contributed by atoms with Crippen LogP contribution in [0.3, 0.4) is 0 Å². The van der Waals surface area contributed by atoms with E-state index in [4.69, 9.17) is 0 Å². The highest BCUT2D eigenvalue weighted by Gasteiger charge is 2.22. The van der Waals surface area contributed by atoms with Crippen LogP contribution in [0.15, 0.2) is 72.9 Å². The van der Waals surface area contributed by atoms with Gasteiger partial charge in [-0.25, -0.2) is 4.98 Å². The largest absolute Gasteiger partial charge is 0.396 e. The third-order valence-corrected chi connectivity index (χ3v) is 6.48. The number of aliphatic hydroxyl groups excluding tert-OH is 1. The van der Waals surface area contributed by atoms with Crippen molar-refractivity contribution in [3.8, 4) is 0 Å². The summed E-state index contributed by atoms with van der Waals surface area (Å²) in [6, 6.07) is 23.0. The molecule has 33 heavy (non-hydrogen) atoms. The number of benzene rings is 2. The quantitative estimate of drug-likeness (QED) is 0.489. The standard InChI is InChI=1S/C27H29N5O/c1-20(19-33)22-11-12-26(28-18-22)31-13-15-32(16-14-31)27-24-10-6-5-9-23(24)25(29-30-27)17-21-7-3-2-4-8-21/h2-12,18,20,33H,13-17,19H2,1H3. The van der Waals surface area contributed by atoms with Gasteiger partial charge in [0.2, 0.25) is 0 Å². The Labute approximate surface area is 194 Å². The number of hydrogen-bond donors (Lipinski definition) is 1. The van der Waals surface area contributed by atoms with Gasteiger partial charge in [0, 0.05) is 62.1 Å². The van der Waals surface area contributed by atoms with E-state index in [2.05, 4.69) is 85.6 Å². The Balaban J connectivity index is 1.33. The zero-order valence-corrected chi connectivity index (χ0v) is 18.9. The first-order valence-electron chi connectivity index (χ1n) is 11.6. The van der Waals surface area contributed by atoms with Crippen LogP contribution in [0.25, 0.3) is 10.8 Å². The van der Waals surface area contributed by atoms with Crippen LogP contribution in [0.2, 0.25) is 0 Å². The second kappa shape index (κ2) is 9.55. The van der Waals surface area contributed by atoms with Crippen molar-refractivity contribution in [2.45, 2.75) is 19.3 Å². The fourth-order valence-electron chi connectivity index (χ4n) is 4.43. The molecule has 3 heterocycles. The van der Waals surface area contributed by atoms with Crippen molar-refractivity contribution in [2.75, 3.05) is 42.6 Å². The minimum Gasteiger partial charge on any atom is -0.396 e. The molecule has 6 nitrogen and oxygen atoms in total. The molecular formula is C27H29N5O. The van der Waals surface area contributed by atoms with Crippen LogP contribution in [0, 0.1) is 0 Å². The van der Waals surface area contributed by atoms with Crippen LogP contribution in [0.5, 0.6) is 0 Å². The zero-order valence-electron chi connectivity index (χ0n) is 18.9. The molecule has 4 aromatic rings. The van der Waals surface area contributed by atoms with E-state index in [1.807, 2.05) is 19.2 Å². The van der Waals surface area contributed by atoms with Crippen LogP contribution < -0.4 is 9.80 Å². The molecule has 6 heteroatoms. The number of rotatable bonds is 6. The Bertz CT molecular complexity index is 1200. The highest BCUT2D eigenvalue weighted by Crippen LogP contribution is 2.28. The third kappa shape index (κ3) is 4.52. The normalized spacial score (nSPS) is 15.1. The first-order chi connectivity index (χ1) is 16.2. The Morgan fingerprint density at radius 3 is 2.21 bits per heavy atom. The summed E-state index contributed by atoms with van der Waals surface area (Å²) >= 11 is 0. The third-order valence-electron chi connectivity index (χ3n) is 6.48. The van der Waals surface area contributed by atoms with Crippen LogP contribution >= 0.6 is 0 Å². The van der Waals surface area contributed by atoms with Crippen LogP contribution in [0.4, 0.5) is 11.6 Å². The van der Waals surface area contributed by atoms with E-state index in [0.29, 0.717) is 0 Å². The van der Waals surface area contributed by atoms with Gasteiger partial charge in [0.15, 0.2) is 5.82 Å². The Kier molecular flexibility index (Phi) is 6.17. The van der Waals surface area contributed by atoms with Gasteiger partial charge < -0.3 is 14.9 Å². The van der Waals surface area contributed by atoms with E-state index in [1.165, 1.54) is 10.9 Å². The van der Waals surface area contributed by atoms with Gasteiger partial charge >= 0.3 is 0 Å². The average molecular weight is 440 g/mol. The summed E-state index contributed by atoms with van der Waals surface area (Å²) in [5.41, 5.74) is 3.32. The number of hydrogen-bond acceptors (Lipinski definition) is 6. The molecule has 0 spiro atoms. The molecule has 0 saturated carbocycles. The highest BCUT2D eigenvalue weighted by atomic mass is 16.3. The molecule has 0 amide bonds. The lowest BCUT2D eigenvalue weighted by atomic mass is 10.0. The lowest BCUT2D eigenvalue weighted by Crippen LogP contribution is -2.47. The van der Waals surface area contributed by atoms with Gasteiger partial charge in [-0.1, -0.05) is 67.6 Å². The molecule has 1 aliphatic rings. The van der Waals surface area contributed by atoms with E-state index in [9.17, 15) is 5.11 Å². The Hall–Kier alpha value is -3.51. The minimum absolute atomic E-state index is 0.111. The second-order valence-corrected chi connectivity index (χ2v) is 8.69. The molecule has 1 fully saturated rings. The maximum atomic E-state index is 9.36. The Morgan fingerprint density at radius 1 is 0.818 bits per heavy atom. The van der Waals surface area contributed by atoms with E-state index in [0.717, 1.165) is 60.9 Å². The number of fused-ring (bicyclic) bond motifs is 1. The van der Waals surface area contributed by atoms with Gasteiger partial charge in [0.25, 0.3) is 0 Å². The Morgan fingerprint density at radius 2 is 1.52 bits per heavy atom. The zero-order chi connectivity index (χ0) is 22.6. The number of anilines is 2. The fourth-order valence-corrected chi connectivity index (χ4v) is 4.43. The number of aromatic nitrogens is 3. The molecule has 1 unspecified atom stereocenters. The summed E-state index contributed by atoms with van der Waals surface area (Å²) in [6.07, 6.45) is 2.66. The van der Waals surface area contributed by atoms with Gasteiger partial charge in [0.05, 0.1) is 5.69 Å². The summed E-state index contributed by atoms with van der Waals surface area (Å²) in [6.45, 7) is 5.64. The van der Waals surface area contributed by atoms with Crippen LogP contribution in [-0.4, -0.2) is 53.1 Å². The lowest BCUT2D eigenvalue weighted by Gasteiger charge is -2.36. The number of nitrogens with zero attached hydrogens (tertiary/aromatic N) is 5. The van der Waals surface area contributed by atoms with Gasteiger partial charge in [-0.2, -0.15) is 5.10 Å². The van der Waals surface area contributed by atoms with Crippen molar-refractivity contribution in [3.63, 3.8) is 0 Å². The van der Waals surface area contributed by atoms with Gasteiger partial charge in [-0.05, 0) is 17.2 Å². The summed E-state index contributed by atoms with van der Waals surface area (Å²) in [4.78, 5) is 9.28. The summed E-state index contributed by atoms with van der Waals surface area (Å²) < 4.78 is 0. The molecule has 0 aliphatic carbocycles. The molecule has 168 valence electrons. The van der Waals surface area contributed by atoms with Crippen molar-refractivity contribution < 1.29 is 5.11 Å². The minimum atomic E-state index is 0.111. The molecule has 1 aliphatic heterocycles. The van der Waals surface area contributed by atoms with E-state index < -0.39 is 0 Å². The summed E-state index contributed by atoms with van der Waals surface area (Å²) in [5, 5.41) is 21.0. The van der Waals surface area contributed by atoms with Gasteiger partial charge in [-0.3, -0.25) is 0 Å². The van der Waals surface area contributed by atoms with E-state index in [-0.39, 0.29) is 12.5 Å². The SMILES string of the molecule is CC(CO)c1ccc(N2CCN(c3nnc(Cc4ccccc4)c4ccccc34)CC2)nc1. The predicted molar refractivity (Wildman–Crippen MR) is 133 cm³/mol. The van der Waals surface area contributed by atoms with Gasteiger partial charge in [-0.15, -0.1) is 5.10 Å². The summed E-state index contributed by atoms with van der Waals surface area (Å²) in [7, 11) is 0. The molecule has 1 atom stereocenters. The molecule has 0 bridgehead atoms. The number of pyridine rings is 1. The maximum Gasteiger partial charge on any atom is 0.159 e. The topological polar surface area (TPSA) is 65.4 Å². The highest BCUT2D eigenvalue weighted by molar-refractivity contribution is 5.93. The molecule has 0 radical (unpaired) electrons. The molecule has 2 aromatic heterocycles. The van der Waals surface area contributed by atoms with Crippen molar-refractivity contribution >= 4 is 22.4 Å². The summed E-state index contributed by atoms with van der Waals surface area (Å²) in [5.74, 6) is 2.06. The predicted octanol–water partition coefficient (Wildman–Crippen LogP) is 4.04. The number of piperazine rings is 1. The van der Waals surface area contributed by atoms with Crippen molar-refractivity contribution in [1.82, 2.24) is 15.2 Å². The molecule has 1 saturated heterocycles. The van der Waals surface area contributed by atoms with Crippen molar-refractivity contribution in [1.29, 1.82) is 0 Å². The van der Waals surface area contributed by atoms with Crippen molar-refractivity contribution in [3.05, 3.63) is 89.7 Å². The average Bonchev–Trinajstić information content (AvgIpc) is 2.89. The monoisotopic (exact) mass is 439 g/mol. The maximum absolute atomic E-state index is 9.36. The molecule has 1 N–H and O–H groups in total. The van der Waals surface area contributed by atoms with Crippen LogP contribution in [-0.2, 0) is 6.42 Å². The number of aliphatic hydroxyl groups is 1. The molecule has 2 aromatic carbocycles. The van der Waals surface area contributed by atoms with Crippen molar-refractivity contribution in [2.24, 2.45) is 0 Å². The van der Waals surface area contributed by atoms with E-state index >= 15 is 0 Å². The second-order valence-electron chi connectivity index (χ2n) is 8.69. The van der Waals surface area contributed by atoms with Gasteiger partial charge in [0.1, 0.15) is 5.82 Å². The van der Waals surface area contributed by atoms with E-state index in [1.54, 1.807) is 0 Å². The molecule has 5 rings (SSSR count). The first kappa shape index (κ1) is 21.3. The fraction of sp³-hybridized carbons (Fsp3) is 0.296.